The lowest BCUT2D eigenvalue weighted by Gasteiger charge is -2.33. The number of sulfonamides is 1. The molecular formula is C26H33ClN4O7S. The lowest BCUT2D eigenvalue weighted by atomic mass is 9.95. The summed E-state index contributed by atoms with van der Waals surface area (Å²) in [6.45, 7) is 0.861. The maximum Gasteiger partial charge on any atom is 0.271 e. The van der Waals surface area contributed by atoms with Crippen LogP contribution in [0.3, 0.4) is 0 Å². The van der Waals surface area contributed by atoms with Crippen LogP contribution in [0.15, 0.2) is 42.5 Å². The monoisotopic (exact) mass is 580 g/mol. The first-order valence-corrected chi connectivity index (χ1v) is 14.8. The summed E-state index contributed by atoms with van der Waals surface area (Å²) in [7, 11) is -2.82. The Morgan fingerprint density at radius 2 is 1.87 bits per heavy atom. The molecule has 1 saturated carbocycles. The van der Waals surface area contributed by atoms with Crippen LogP contribution in [-0.2, 0) is 26.2 Å². The summed E-state index contributed by atoms with van der Waals surface area (Å²) in [6.07, 6.45) is 5.74. The number of anilines is 1. The van der Waals surface area contributed by atoms with Crippen molar-refractivity contribution in [3.8, 4) is 5.75 Å². The van der Waals surface area contributed by atoms with E-state index in [9.17, 15) is 28.1 Å². The van der Waals surface area contributed by atoms with Gasteiger partial charge >= 0.3 is 0 Å². The van der Waals surface area contributed by atoms with Crippen LogP contribution in [0.4, 0.5) is 11.4 Å². The van der Waals surface area contributed by atoms with Crippen LogP contribution in [0.1, 0.15) is 44.6 Å². The molecule has 0 spiro atoms. The standard InChI is InChI=1S/C26H33ClN4O7S/c1-18(26(33)28-21-10-5-4-6-11-21)29(16-19-8-7-9-20(27)14-19)25(32)17-30(39(3,36)37)23-15-22(31(34)35)12-13-24(23)38-2/h7-9,12-15,18,21H,4-6,10-11,16-17H2,1-3H3,(H,28,33)/t18-/m0/s1. The van der Waals surface area contributed by atoms with E-state index in [0.29, 0.717) is 10.6 Å². The van der Waals surface area contributed by atoms with Crippen LogP contribution < -0.4 is 14.4 Å². The Balaban J connectivity index is 1.96. The first-order valence-electron chi connectivity index (χ1n) is 12.5. The van der Waals surface area contributed by atoms with E-state index in [4.69, 9.17) is 16.3 Å². The van der Waals surface area contributed by atoms with Gasteiger partial charge in [0, 0.05) is 29.7 Å². The highest BCUT2D eigenvalue weighted by Gasteiger charge is 2.32. The molecule has 1 N–H and O–H groups in total. The molecule has 1 aliphatic carbocycles. The van der Waals surface area contributed by atoms with E-state index in [1.54, 1.807) is 31.2 Å². The van der Waals surface area contributed by atoms with Crippen molar-refractivity contribution in [2.24, 2.45) is 0 Å². The SMILES string of the molecule is COc1ccc([N+](=O)[O-])cc1N(CC(=O)N(Cc1cccc(Cl)c1)[C@@H](C)C(=O)NC1CCCCC1)S(C)(=O)=O. The highest BCUT2D eigenvalue weighted by atomic mass is 35.5. The zero-order valence-corrected chi connectivity index (χ0v) is 23.7. The van der Waals surface area contributed by atoms with Gasteiger partial charge in [0.1, 0.15) is 24.0 Å². The molecule has 0 aliphatic heterocycles. The molecule has 0 radical (unpaired) electrons. The van der Waals surface area contributed by atoms with Gasteiger partial charge in [-0.05, 0) is 43.5 Å². The van der Waals surface area contributed by atoms with Crippen molar-refractivity contribution in [2.45, 2.75) is 57.7 Å². The average Bonchev–Trinajstić information content (AvgIpc) is 2.89. The molecule has 13 heteroatoms. The quantitative estimate of drug-likeness (QED) is 0.314. The predicted molar refractivity (Wildman–Crippen MR) is 148 cm³/mol. The number of carbonyl (C=O) groups is 2. The number of nitrogens with zero attached hydrogens (tertiary/aromatic N) is 3. The average molecular weight is 581 g/mol. The van der Waals surface area contributed by atoms with E-state index in [1.807, 2.05) is 0 Å². The van der Waals surface area contributed by atoms with Crippen LogP contribution in [0.5, 0.6) is 5.75 Å². The minimum Gasteiger partial charge on any atom is -0.495 e. The molecule has 1 atom stereocenters. The summed E-state index contributed by atoms with van der Waals surface area (Å²) < 4.78 is 31.7. The number of nitro groups is 1. The third-order valence-corrected chi connectivity index (χ3v) is 8.04. The number of rotatable bonds is 11. The Morgan fingerprint density at radius 3 is 2.46 bits per heavy atom. The van der Waals surface area contributed by atoms with E-state index in [-0.39, 0.29) is 35.6 Å². The second kappa shape index (κ2) is 13.1. The Morgan fingerprint density at radius 1 is 1.18 bits per heavy atom. The second-order valence-corrected chi connectivity index (χ2v) is 11.9. The summed E-state index contributed by atoms with van der Waals surface area (Å²) in [5, 5.41) is 14.8. The number of methoxy groups -OCH3 is 1. The number of non-ortho nitro benzene ring substituents is 1. The number of benzene rings is 2. The van der Waals surface area contributed by atoms with E-state index < -0.39 is 33.4 Å². The maximum absolute atomic E-state index is 13.8. The molecule has 0 bridgehead atoms. The van der Waals surface area contributed by atoms with Gasteiger partial charge < -0.3 is 15.0 Å². The maximum atomic E-state index is 13.8. The molecular weight excluding hydrogens is 548 g/mol. The molecule has 212 valence electrons. The molecule has 2 aromatic carbocycles. The summed E-state index contributed by atoms with van der Waals surface area (Å²) in [5.74, 6) is -1.00. The van der Waals surface area contributed by atoms with Crippen LogP contribution in [0, 0.1) is 10.1 Å². The fourth-order valence-electron chi connectivity index (χ4n) is 4.56. The number of carbonyl (C=O) groups excluding carboxylic acids is 2. The van der Waals surface area contributed by atoms with E-state index in [2.05, 4.69) is 5.32 Å². The van der Waals surface area contributed by atoms with Crippen LogP contribution in [0.25, 0.3) is 0 Å². The lowest BCUT2D eigenvalue weighted by Crippen LogP contribution is -2.53. The van der Waals surface area contributed by atoms with Crippen molar-refractivity contribution >= 4 is 44.8 Å². The number of hydrogen-bond donors (Lipinski definition) is 1. The highest BCUT2D eigenvalue weighted by molar-refractivity contribution is 7.92. The normalized spacial score (nSPS) is 14.8. The molecule has 0 aromatic heterocycles. The minimum atomic E-state index is -4.11. The molecule has 11 nitrogen and oxygen atoms in total. The first-order chi connectivity index (χ1) is 18.4. The summed E-state index contributed by atoms with van der Waals surface area (Å²) >= 11 is 6.14. The van der Waals surface area contributed by atoms with E-state index >= 15 is 0 Å². The van der Waals surface area contributed by atoms with Gasteiger partial charge in [0.05, 0.1) is 18.3 Å². The lowest BCUT2D eigenvalue weighted by molar-refractivity contribution is -0.384. The fourth-order valence-corrected chi connectivity index (χ4v) is 5.62. The third-order valence-electron chi connectivity index (χ3n) is 6.68. The Labute approximate surface area is 233 Å². The van der Waals surface area contributed by atoms with Crippen LogP contribution in [0.2, 0.25) is 5.02 Å². The van der Waals surface area contributed by atoms with E-state index in [0.717, 1.165) is 48.7 Å². The number of hydrogen-bond acceptors (Lipinski definition) is 7. The number of ether oxygens (including phenoxy) is 1. The van der Waals surface area contributed by atoms with Gasteiger partial charge in [-0.3, -0.25) is 24.0 Å². The van der Waals surface area contributed by atoms with Gasteiger partial charge in [-0.25, -0.2) is 8.42 Å². The van der Waals surface area contributed by atoms with Crippen molar-refractivity contribution in [1.29, 1.82) is 0 Å². The smallest absolute Gasteiger partial charge is 0.271 e. The van der Waals surface area contributed by atoms with Gasteiger partial charge in [0.25, 0.3) is 5.69 Å². The zero-order valence-electron chi connectivity index (χ0n) is 22.1. The summed E-state index contributed by atoms with van der Waals surface area (Å²) in [5.41, 5.74) is 0.111. The molecule has 1 aliphatic rings. The molecule has 0 heterocycles. The van der Waals surface area contributed by atoms with Crippen molar-refractivity contribution < 1.29 is 27.7 Å². The number of nitro benzene ring substituents is 1. The zero-order chi connectivity index (χ0) is 28.7. The third kappa shape index (κ3) is 8.06. The van der Waals surface area contributed by atoms with Gasteiger partial charge in [-0.2, -0.15) is 0 Å². The fraction of sp³-hybridized carbons (Fsp3) is 0.462. The van der Waals surface area contributed by atoms with Gasteiger partial charge in [0.15, 0.2) is 0 Å². The molecule has 3 rings (SSSR count). The molecule has 2 aromatic rings. The number of nitrogens with one attached hydrogen (secondary N) is 1. The molecule has 39 heavy (non-hydrogen) atoms. The molecule has 0 saturated heterocycles. The van der Waals surface area contributed by atoms with Crippen molar-refractivity contribution in [1.82, 2.24) is 10.2 Å². The number of halogens is 1. The number of amides is 2. The molecule has 1 fully saturated rings. The Kier molecular flexibility index (Phi) is 10.1. The van der Waals surface area contributed by atoms with Crippen LogP contribution in [-0.4, -0.2) is 62.0 Å². The Bertz CT molecular complexity index is 1320. The van der Waals surface area contributed by atoms with Crippen LogP contribution >= 0.6 is 11.6 Å². The van der Waals surface area contributed by atoms with Crippen molar-refractivity contribution in [2.75, 3.05) is 24.2 Å². The predicted octanol–water partition coefficient (Wildman–Crippen LogP) is 3.89. The van der Waals surface area contributed by atoms with Gasteiger partial charge in [0.2, 0.25) is 21.8 Å². The van der Waals surface area contributed by atoms with Gasteiger partial charge in [-0.15, -0.1) is 0 Å². The first kappa shape index (κ1) is 30.2. The van der Waals surface area contributed by atoms with Crippen molar-refractivity contribution in [3.63, 3.8) is 0 Å². The molecule has 0 unspecified atom stereocenters. The van der Waals surface area contributed by atoms with E-state index in [1.165, 1.54) is 24.1 Å². The summed E-state index contributed by atoms with van der Waals surface area (Å²) in [4.78, 5) is 39.0. The largest absolute Gasteiger partial charge is 0.495 e. The van der Waals surface area contributed by atoms with Crippen molar-refractivity contribution in [3.05, 3.63) is 63.2 Å². The topological polar surface area (TPSA) is 139 Å². The van der Waals surface area contributed by atoms with Gasteiger partial charge in [-0.1, -0.05) is 43.0 Å². The highest BCUT2D eigenvalue weighted by Crippen LogP contribution is 2.34. The minimum absolute atomic E-state index is 0.0116. The summed E-state index contributed by atoms with van der Waals surface area (Å²) in [6, 6.07) is 9.34. The molecule has 2 amide bonds. The Hall–Kier alpha value is -3.38. The second-order valence-electron chi connectivity index (χ2n) is 9.55.